The summed E-state index contributed by atoms with van der Waals surface area (Å²) in [5.74, 6) is 0.922. The summed E-state index contributed by atoms with van der Waals surface area (Å²) in [7, 11) is 1.36. The van der Waals surface area contributed by atoms with Crippen LogP contribution in [0.2, 0.25) is 0 Å². The van der Waals surface area contributed by atoms with Crippen LogP contribution >= 0.6 is 0 Å². The summed E-state index contributed by atoms with van der Waals surface area (Å²) in [6.07, 6.45) is 0. The minimum Gasteiger partial charge on any atom is -0.494 e. The minimum atomic E-state index is -0.681. The van der Waals surface area contributed by atoms with Crippen LogP contribution in [0.15, 0.2) is 32.8 Å². The van der Waals surface area contributed by atoms with E-state index in [4.69, 9.17) is 9.47 Å². The molecule has 0 atom stereocenters. The molecule has 8 heteroatoms. The highest BCUT2D eigenvalue weighted by Gasteiger charge is 2.15. The Labute approximate surface area is 130 Å². The number of benzene rings is 1. The Morgan fingerprint density at radius 2 is 2.09 bits per heavy atom. The van der Waals surface area contributed by atoms with E-state index in [1.807, 2.05) is 12.1 Å². The first kappa shape index (κ1) is 14.9. The Balaban J connectivity index is 1.91. The summed E-state index contributed by atoms with van der Waals surface area (Å²) >= 11 is 0. The summed E-state index contributed by atoms with van der Waals surface area (Å²) in [5.41, 5.74) is -0.170. The molecule has 0 saturated carbocycles. The van der Waals surface area contributed by atoms with Gasteiger partial charge in [-0.05, 0) is 24.6 Å². The predicted octanol–water partition coefficient (Wildman–Crippen LogP) is 0.517. The van der Waals surface area contributed by atoms with E-state index in [9.17, 15) is 14.7 Å². The van der Waals surface area contributed by atoms with Crippen molar-refractivity contribution in [3.63, 3.8) is 0 Å². The Kier molecular flexibility index (Phi) is 3.65. The fourth-order valence-electron chi connectivity index (χ4n) is 2.26. The average Bonchev–Trinajstić information content (AvgIpc) is 2.98. The summed E-state index contributed by atoms with van der Waals surface area (Å²) < 4.78 is 11.5. The maximum atomic E-state index is 11.9. The number of fused-ring (bicyclic) bond motifs is 1. The van der Waals surface area contributed by atoms with Crippen molar-refractivity contribution in [1.29, 1.82) is 0 Å². The van der Waals surface area contributed by atoms with Gasteiger partial charge >= 0.3 is 5.69 Å². The first-order valence-corrected chi connectivity index (χ1v) is 6.89. The fraction of sp³-hybridized carbons (Fsp3) is 0.267. The molecular weight excluding hydrogens is 302 g/mol. The Bertz CT molecular complexity index is 910. The van der Waals surface area contributed by atoms with Gasteiger partial charge in [0.1, 0.15) is 5.56 Å². The van der Waals surface area contributed by atoms with Gasteiger partial charge in [-0.25, -0.2) is 4.79 Å². The van der Waals surface area contributed by atoms with Gasteiger partial charge < -0.3 is 14.6 Å². The SMILES string of the molecule is CC(=NCc1ccc2c(c1)OCO2)c1c(O)n(C)c(=O)[nH]c1=O. The van der Waals surface area contributed by atoms with Crippen LogP contribution in [0.4, 0.5) is 0 Å². The Morgan fingerprint density at radius 3 is 2.87 bits per heavy atom. The highest BCUT2D eigenvalue weighted by Crippen LogP contribution is 2.32. The lowest BCUT2D eigenvalue weighted by Crippen LogP contribution is -2.32. The van der Waals surface area contributed by atoms with E-state index in [1.54, 1.807) is 13.0 Å². The minimum absolute atomic E-state index is 0.0205. The smallest absolute Gasteiger partial charge is 0.330 e. The molecule has 1 aromatic carbocycles. The molecule has 120 valence electrons. The van der Waals surface area contributed by atoms with Crippen molar-refractivity contribution in [2.45, 2.75) is 13.5 Å². The van der Waals surface area contributed by atoms with E-state index in [-0.39, 0.29) is 12.4 Å². The Morgan fingerprint density at radius 1 is 1.35 bits per heavy atom. The van der Waals surface area contributed by atoms with Gasteiger partial charge in [-0.2, -0.15) is 0 Å². The third kappa shape index (κ3) is 2.70. The molecule has 0 fully saturated rings. The third-order valence-corrected chi connectivity index (χ3v) is 3.59. The van der Waals surface area contributed by atoms with Crippen LogP contribution < -0.4 is 20.7 Å². The van der Waals surface area contributed by atoms with Crippen molar-refractivity contribution < 1.29 is 14.6 Å². The number of nitrogens with one attached hydrogen (secondary N) is 1. The lowest BCUT2D eigenvalue weighted by atomic mass is 10.2. The summed E-state index contributed by atoms with van der Waals surface area (Å²) in [5, 5.41) is 9.98. The number of H-pyrrole nitrogens is 1. The molecule has 3 rings (SSSR count). The van der Waals surface area contributed by atoms with Crippen molar-refractivity contribution in [3.8, 4) is 17.4 Å². The molecule has 0 aliphatic carbocycles. The molecule has 8 nitrogen and oxygen atoms in total. The first-order chi connectivity index (χ1) is 11.0. The first-order valence-electron chi connectivity index (χ1n) is 6.89. The molecule has 2 heterocycles. The van der Waals surface area contributed by atoms with Crippen LogP contribution in [-0.2, 0) is 13.6 Å². The number of aromatic hydroxyl groups is 1. The van der Waals surface area contributed by atoms with Crippen LogP contribution in [0.3, 0.4) is 0 Å². The van der Waals surface area contributed by atoms with Crippen LogP contribution in [0.1, 0.15) is 18.1 Å². The van der Waals surface area contributed by atoms with Crippen molar-refractivity contribution in [1.82, 2.24) is 9.55 Å². The highest BCUT2D eigenvalue weighted by molar-refractivity contribution is 6.00. The van der Waals surface area contributed by atoms with Gasteiger partial charge in [0.05, 0.1) is 12.3 Å². The maximum absolute atomic E-state index is 11.9. The number of hydrogen-bond acceptors (Lipinski definition) is 6. The maximum Gasteiger partial charge on any atom is 0.330 e. The van der Waals surface area contributed by atoms with Gasteiger partial charge in [-0.3, -0.25) is 19.3 Å². The molecule has 0 bridgehead atoms. The summed E-state index contributed by atoms with van der Waals surface area (Å²) in [4.78, 5) is 29.7. The second-order valence-electron chi connectivity index (χ2n) is 5.11. The largest absolute Gasteiger partial charge is 0.494 e. The van der Waals surface area contributed by atoms with Crippen LogP contribution in [0.5, 0.6) is 17.4 Å². The van der Waals surface area contributed by atoms with E-state index in [2.05, 4.69) is 9.98 Å². The molecule has 2 N–H and O–H groups in total. The quantitative estimate of drug-likeness (QED) is 0.803. The zero-order valence-corrected chi connectivity index (χ0v) is 12.6. The van der Waals surface area contributed by atoms with E-state index in [0.717, 1.165) is 10.1 Å². The van der Waals surface area contributed by atoms with Crippen LogP contribution in [0, 0.1) is 0 Å². The number of hydrogen-bond donors (Lipinski definition) is 2. The highest BCUT2D eigenvalue weighted by atomic mass is 16.7. The second-order valence-corrected chi connectivity index (χ2v) is 5.11. The van der Waals surface area contributed by atoms with E-state index in [1.165, 1.54) is 7.05 Å². The van der Waals surface area contributed by atoms with Gasteiger partial charge in [-0.1, -0.05) is 6.07 Å². The van der Waals surface area contributed by atoms with Crippen molar-refractivity contribution >= 4 is 5.71 Å². The predicted molar refractivity (Wildman–Crippen MR) is 82.4 cm³/mol. The van der Waals surface area contributed by atoms with Gasteiger partial charge in [0, 0.05) is 7.05 Å². The van der Waals surface area contributed by atoms with Crippen LogP contribution in [0.25, 0.3) is 0 Å². The lowest BCUT2D eigenvalue weighted by molar-refractivity contribution is 0.174. The molecule has 0 saturated heterocycles. The van der Waals surface area contributed by atoms with Gasteiger partial charge in [0.2, 0.25) is 12.7 Å². The number of nitrogens with zero attached hydrogens (tertiary/aromatic N) is 2. The summed E-state index contributed by atoms with van der Waals surface area (Å²) in [6, 6.07) is 5.44. The van der Waals surface area contributed by atoms with E-state index >= 15 is 0 Å². The van der Waals surface area contributed by atoms with Crippen molar-refractivity contribution in [2.24, 2.45) is 12.0 Å². The molecule has 23 heavy (non-hydrogen) atoms. The standard InChI is InChI=1S/C15H15N3O5/c1-8(12-13(19)17-15(21)18(2)14(12)20)16-6-9-3-4-10-11(5-9)23-7-22-10/h3-5,20H,6-7H2,1-2H3,(H,17,19,21). The number of aromatic amines is 1. The zero-order valence-electron chi connectivity index (χ0n) is 12.6. The number of aromatic nitrogens is 2. The zero-order chi connectivity index (χ0) is 16.6. The molecule has 1 aromatic heterocycles. The van der Waals surface area contributed by atoms with Gasteiger partial charge in [0.15, 0.2) is 11.5 Å². The second kappa shape index (κ2) is 5.64. The fourth-order valence-corrected chi connectivity index (χ4v) is 2.26. The third-order valence-electron chi connectivity index (χ3n) is 3.59. The van der Waals surface area contributed by atoms with Crippen molar-refractivity contribution in [2.75, 3.05) is 6.79 Å². The molecule has 1 aliphatic heterocycles. The average molecular weight is 317 g/mol. The van der Waals surface area contributed by atoms with Crippen LogP contribution in [-0.4, -0.2) is 27.2 Å². The molecule has 0 radical (unpaired) electrons. The Hall–Kier alpha value is -3.03. The molecule has 1 aliphatic rings. The van der Waals surface area contributed by atoms with Crippen molar-refractivity contribution in [3.05, 3.63) is 50.2 Å². The molecule has 0 unspecified atom stereocenters. The molecule has 0 spiro atoms. The molecule has 2 aromatic rings. The lowest BCUT2D eigenvalue weighted by Gasteiger charge is -2.07. The normalized spacial score (nSPS) is 13.4. The number of aliphatic imine (C=N–C) groups is 1. The van der Waals surface area contributed by atoms with E-state index < -0.39 is 17.1 Å². The molecule has 0 amide bonds. The number of ether oxygens (including phenoxy) is 2. The topological polar surface area (TPSA) is 106 Å². The monoisotopic (exact) mass is 317 g/mol. The van der Waals surface area contributed by atoms with Gasteiger partial charge in [-0.15, -0.1) is 0 Å². The summed E-state index contributed by atoms with van der Waals surface area (Å²) in [6.45, 7) is 2.09. The van der Waals surface area contributed by atoms with E-state index in [0.29, 0.717) is 23.8 Å². The van der Waals surface area contributed by atoms with Gasteiger partial charge in [0.25, 0.3) is 5.56 Å². The molecular formula is C15H15N3O5. The number of rotatable bonds is 3.